The summed E-state index contributed by atoms with van der Waals surface area (Å²) in [5, 5.41) is 0. The van der Waals surface area contributed by atoms with Crippen LogP contribution in [0.4, 0.5) is 0 Å². The lowest BCUT2D eigenvalue weighted by atomic mass is 10.3. The normalized spacial score (nSPS) is 11.1. The molecule has 2 aromatic heterocycles. The van der Waals surface area contributed by atoms with E-state index in [0.717, 1.165) is 21.5 Å². The van der Waals surface area contributed by atoms with Gasteiger partial charge in [0.1, 0.15) is 5.65 Å². The first-order valence-electron chi connectivity index (χ1n) is 4.33. The molecular formula is C10H10BrClN2. The van der Waals surface area contributed by atoms with E-state index in [9.17, 15) is 0 Å². The summed E-state index contributed by atoms with van der Waals surface area (Å²) in [7, 11) is 0. The molecule has 0 amide bonds. The fraction of sp³-hybridized carbons (Fsp3) is 0.300. The maximum absolute atomic E-state index is 5.87. The van der Waals surface area contributed by atoms with Gasteiger partial charge in [-0.2, -0.15) is 0 Å². The number of aromatic nitrogens is 2. The molecule has 0 aliphatic carbocycles. The van der Waals surface area contributed by atoms with Crippen LogP contribution in [0.25, 0.3) is 5.65 Å². The summed E-state index contributed by atoms with van der Waals surface area (Å²) in [5.74, 6) is 0.489. The van der Waals surface area contributed by atoms with E-state index in [0.29, 0.717) is 5.88 Å². The largest absolute Gasteiger partial charge is 0.301 e. The lowest BCUT2D eigenvalue weighted by Crippen LogP contribution is -1.92. The van der Waals surface area contributed by atoms with Crippen molar-refractivity contribution in [2.24, 2.45) is 0 Å². The third kappa shape index (κ3) is 1.44. The van der Waals surface area contributed by atoms with Gasteiger partial charge in [-0.25, -0.2) is 4.98 Å². The van der Waals surface area contributed by atoms with E-state index in [-0.39, 0.29) is 0 Å². The predicted molar refractivity (Wildman–Crippen MR) is 61.9 cm³/mol. The van der Waals surface area contributed by atoms with Gasteiger partial charge in [-0.1, -0.05) is 0 Å². The van der Waals surface area contributed by atoms with Gasteiger partial charge in [0.15, 0.2) is 0 Å². The van der Waals surface area contributed by atoms with Crippen molar-refractivity contribution < 1.29 is 0 Å². The third-order valence-electron chi connectivity index (χ3n) is 2.33. The summed E-state index contributed by atoms with van der Waals surface area (Å²) in [6, 6.07) is 2.05. The van der Waals surface area contributed by atoms with E-state index in [1.165, 1.54) is 5.56 Å². The van der Waals surface area contributed by atoms with Gasteiger partial charge in [-0.05, 0) is 41.4 Å². The molecule has 0 aromatic carbocycles. The topological polar surface area (TPSA) is 17.3 Å². The maximum atomic E-state index is 5.87. The number of imidazole rings is 1. The number of aryl methyl sites for hydroxylation is 2. The highest BCUT2D eigenvalue weighted by molar-refractivity contribution is 9.10. The second-order valence-corrected chi connectivity index (χ2v) is 4.43. The molecule has 0 aliphatic heterocycles. The summed E-state index contributed by atoms with van der Waals surface area (Å²) >= 11 is 9.37. The number of hydrogen-bond donors (Lipinski definition) is 0. The Morgan fingerprint density at radius 1 is 1.50 bits per heavy atom. The maximum Gasteiger partial charge on any atom is 0.137 e. The van der Waals surface area contributed by atoms with Crippen LogP contribution in [-0.4, -0.2) is 9.38 Å². The molecule has 0 fully saturated rings. The quantitative estimate of drug-likeness (QED) is 0.728. The Morgan fingerprint density at radius 2 is 2.21 bits per heavy atom. The van der Waals surface area contributed by atoms with Crippen LogP contribution in [0, 0.1) is 13.8 Å². The smallest absolute Gasteiger partial charge is 0.137 e. The van der Waals surface area contributed by atoms with Gasteiger partial charge < -0.3 is 4.40 Å². The summed E-state index contributed by atoms with van der Waals surface area (Å²) < 4.78 is 3.10. The van der Waals surface area contributed by atoms with Crippen LogP contribution in [-0.2, 0) is 5.88 Å². The van der Waals surface area contributed by atoms with Crippen molar-refractivity contribution in [2.45, 2.75) is 19.7 Å². The second-order valence-electron chi connectivity index (χ2n) is 3.31. The van der Waals surface area contributed by atoms with Crippen LogP contribution in [0.3, 0.4) is 0 Å². The molecule has 0 bridgehead atoms. The number of halogens is 2. The minimum Gasteiger partial charge on any atom is -0.301 e. The average Bonchev–Trinajstić information content (AvgIpc) is 2.42. The number of fused-ring (bicyclic) bond motifs is 1. The first-order valence-corrected chi connectivity index (χ1v) is 5.66. The Hall–Kier alpha value is -0.540. The van der Waals surface area contributed by atoms with Crippen LogP contribution >= 0.6 is 27.5 Å². The van der Waals surface area contributed by atoms with Crippen molar-refractivity contribution in [3.63, 3.8) is 0 Å². The monoisotopic (exact) mass is 272 g/mol. The Labute approximate surface area is 96.0 Å². The van der Waals surface area contributed by atoms with Crippen molar-refractivity contribution in [1.82, 2.24) is 9.38 Å². The Morgan fingerprint density at radius 3 is 2.86 bits per heavy atom. The molecule has 2 rings (SSSR count). The fourth-order valence-electron chi connectivity index (χ4n) is 1.49. The Balaban J connectivity index is 2.82. The lowest BCUT2D eigenvalue weighted by molar-refractivity contribution is 1.06. The van der Waals surface area contributed by atoms with Gasteiger partial charge in [-0.15, -0.1) is 11.6 Å². The van der Waals surface area contributed by atoms with Gasteiger partial charge in [0.25, 0.3) is 0 Å². The molecule has 0 aliphatic rings. The van der Waals surface area contributed by atoms with E-state index < -0.39 is 0 Å². The van der Waals surface area contributed by atoms with Crippen molar-refractivity contribution in [2.75, 3.05) is 0 Å². The third-order valence-corrected chi connectivity index (χ3v) is 3.41. The standard InChI is InChI=1S/C10H10BrClN2/c1-6-3-10-13-7(2)9(4-12)14(10)5-8(6)11/h3,5H,4H2,1-2H3. The van der Waals surface area contributed by atoms with Gasteiger partial charge in [0.2, 0.25) is 0 Å². The highest BCUT2D eigenvalue weighted by atomic mass is 79.9. The molecule has 14 heavy (non-hydrogen) atoms. The highest BCUT2D eigenvalue weighted by Gasteiger charge is 2.08. The second kappa shape index (κ2) is 3.55. The number of hydrogen-bond acceptors (Lipinski definition) is 1. The molecule has 0 atom stereocenters. The van der Waals surface area contributed by atoms with Crippen LogP contribution in [0.2, 0.25) is 0 Å². The van der Waals surface area contributed by atoms with Gasteiger partial charge in [0, 0.05) is 10.7 Å². The van der Waals surface area contributed by atoms with Crippen LogP contribution in [0.15, 0.2) is 16.7 Å². The zero-order chi connectivity index (χ0) is 10.3. The number of rotatable bonds is 1. The average molecular weight is 274 g/mol. The number of alkyl halides is 1. The van der Waals surface area contributed by atoms with Gasteiger partial charge >= 0.3 is 0 Å². The molecule has 4 heteroatoms. The van der Waals surface area contributed by atoms with Crippen molar-refractivity contribution in [1.29, 1.82) is 0 Å². The first-order chi connectivity index (χ1) is 6.63. The minimum atomic E-state index is 0.489. The number of nitrogens with zero attached hydrogens (tertiary/aromatic N) is 2. The molecule has 2 nitrogen and oxygen atoms in total. The van der Waals surface area contributed by atoms with E-state index in [4.69, 9.17) is 11.6 Å². The molecule has 2 aromatic rings. The Kier molecular flexibility index (Phi) is 2.54. The summed E-state index contributed by atoms with van der Waals surface area (Å²) in [6.45, 7) is 4.03. The molecule has 0 saturated heterocycles. The van der Waals surface area contributed by atoms with Gasteiger partial charge in [0.05, 0.1) is 17.3 Å². The minimum absolute atomic E-state index is 0.489. The molecular weight excluding hydrogens is 263 g/mol. The van der Waals surface area contributed by atoms with Crippen molar-refractivity contribution >= 4 is 33.2 Å². The van der Waals surface area contributed by atoms with E-state index in [2.05, 4.69) is 27.8 Å². The van der Waals surface area contributed by atoms with Gasteiger partial charge in [-0.3, -0.25) is 0 Å². The summed E-state index contributed by atoms with van der Waals surface area (Å²) in [4.78, 5) is 4.44. The zero-order valence-electron chi connectivity index (χ0n) is 8.01. The van der Waals surface area contributed by atoms with Crippen molar-refractivity contribution in [3.05, 3.63) is 33.7 Å². The van der Waals surface area contributed by atoms with Crippen LogP contribution in [0.5, 0.6) is 0 Å². The van der Waals surface area contributed by atoms with Crippen LogP contribution < -0.4 is 0 Å². The molecule has 2 heterocycles. The number of pyridine rings is 1. The first kappa shape index (κ1) is 9.99. The fourth-order valence-corrected chi connectivity index (χ4v) is 2.13. The van der Waals surface area contributed by atoms with E-state index >= 15 is 0 Å². The molecule has 0 spiro atoms. The highest BCUT2D eigenvalue weighted by Crippen LogP contribution is 2.21. The zero-order valence-corrected chi connectivity index (χ0v) is 10.4. The van der Waals surface area contributed by atoms with E-state index in [1.54, 1.807) is 0 Å². The summed E-state index contributed by atoms with van der Waals surface area (Å²) in [5.41, 5.74) is 4.20. The summed E-state index contributed by atoms with van der Waals surface area (Å²) in [6.07, 6.45) is 2.02. The molecule has 0 saturated carbocycles. The lowest BCUT2D eigenvalue weighted by Gasteiger charge is -2.01. The molecule has 0 unspecified atom stereocenters. The van der Waals surface area contributed by atoms with Crippen LogP contribution in [0.1, 0.15) is 17.0 Å². The predicted octanol–water partition coefficient (Wildman–Crippen LogP) is 3.45. The molecule has 0 N–H and O–H groups in total. The molecule has 0 radical (unpaired) electrons. The molecule has 74 valence electrons. The SMILES string of the molecule is Cc1cc2nc(C)c(CCl)n2cc1Br. The van der Waals surface area contributed by atoms with Crippen molar-refractivity contribution in [3.8, 4) is 0 Å². The van der Waals surface area contributed by atoms with E-state index in [1.807, 2.05) is 23.6 Å². The Bertz CT molecular complexity index is 490.